The number of carbonyl (C=O) groups is 1. The Bertz CT molecular complexity index is 1030. The molecule has 0 radical (unpaired) electrons. The number of nitrogens with two attached hydrogens (primary N) is 1. The fourth-order valence-electron chi connectivity index (χ4n) is 5.15. The molecule has 33 heavy (non-hydrogen) atoms. The maximum absolute atomic E-state index is 13.1. The van der Waals surface area contributed by atoms with Gasteiger partial charge in [-0.3, -0.25) is 14.8 Å². The number of thiophene rings is 1. The zero-order valence-corrected chi connectivity index (χ0v) is 21.5. The lowest BCUT2D eigenvalue weighted by molar-refractivity contribution is -0.117. The van der Waals surface area contributed by atoms with Crippen LogP contribution in [0.25, 0.3) is 0 Å². The summed E-state index contributed by atoms with van der Waals surface area (Å²) in [7, 11) is 1.80. The van der Waals surface area contributed by atoms with Gasteiger partial charge in [0.15, 0.2) is 0 Å². The fourth-order valence-corrected chi connectivity index (χ4v) is 6.91. The number of fused-ring (bicyclic) bond motifs is 1. The number of likely N-dealkylation sites (N-methyl/N-ethyl adjacent to an activating group) is 1. The second-order valence-corrected chi connectivity index (χ2v) is 11.9. The molecule has 0 saturated heterocycles. The van der Waals surface area contributed by atoms with E-state index in [2.05, 4.69) is 24.8 Å². The zero-order chi connectivity index (χ0) is 23.6. The number of carbonyl (C=O) groups excluding carboxylic acids is 1. The summed E-state index contributed by atoms with van der Waals surface area (Å²) in [6.07, 6.45) is 7.93. The van der Waals surface area contributed by atoms with Crippen molar-refractivity contribution in [1.29, 1.82) is 5.26 Å². The maximum atomic E-state index is 13.1. The van der Waals surface area contributed by atoms with Crippen LogP contribution in [-0.2, 0) is 24.2 Å². The molecule has 4 rings (SSSR count). The number of amides is 1. The molecule has 0 bridgehead atoms. The van der Waals surface area contributed by atoms with Crippen LogP contribution in [0.4, 0.5) is 5.00 Å². The van der Waals surface area contributed by atoms with Crippen molar-refractivity contribution < 1.29 is 4.79 Å². The average Bonchev–Trinajstić information content (AvgIpc) is 3.16. The quantitative estimate of drug-likeness (QED) is 0.550. The first-order chi connectivity index (χ1) is 15.8. The Morgan fingerprint density at radius 3 is 2.61 bits per heavy atom. The predicted octanol–water partition coefficient (Wildman–Crippen LogP) is 5.51. The second kappa shape index (κ2) is 10.2. The van der Waals surface area contributed by atoms with Gasteiger partial charge in [0.25, 0.3) is 0 Å². The smallest absolute Gasteiger partial charge is 0.231 e. The minimum absolute atomic E-state index is 0.00318. The molecular formula is C26H34N4OS2. The largest absolute Gasteiger partial charge is 0.306 e. The molecule has 7 heteroatoms. The molecule has 1 saturated carbocycles. The van der Waals surface area contributed by atoms with Crippen molar-refractivity contribution in [3.05, 3.63) is 45.8 Å². The van der Waals surface area contributed by atoms with Gasteiger partial charge >= 0.3 is 0 Å². The zero-order valence-electron chi connectivity index (χ0n) is 19.9. The van der Waals surface area contributed by atoms with Gasteiger partial charge in [0.1, 0.15) is 11.1 Å². The van der Waals surface area contributed by atoms with Crippen LogP contribution in [0.1, 0.15) is 67.5 Å². The van der Waals surface area contributed by atoms with Crippen molar-refractivity contribution in [3.8, 4) is 6.07 Å². The van der Waals surface area contributed by atoms with Crippen LogP contribution in [0.15, 0.2) is 29.2 Å². The Hall–Kier alpha value is -1.85. The van der Waals surface area contributed by atoms with E-state index in [1.165, 1.54) is 48.9 Å². The van der Waals surface area contributed by atoms with Crippen LogP contribution in [0.2, 0.25) is 0 Å². The minimum atomic E-state index is -0.00318. The highest BCUT2D eigenvalue weighted by molar-refractivity contribution is 7.97. The van der Waals surface area contributed by atoms with Crippen LogP contribution < -0.4 is 10.0 Å². The lowest BCUT2D eigenvalue weighted by Gasteiger charge is -2.44. The monoisotopic (exact) mass is 482 g/mol. The van der Waals surface area contributed by atoms with E-state index in [1.807, 2.05) is 24.3 Å². The van der Waals surface area contributed by atoms with Gasteiger partial charge in [0.2, 0.25) is 5.91 Å². The third kappa shape index (κ3) is 5.30. The standard InChI is InChI=1S/C26H34N4OS2/c1-26(2)14-23-22(17-30(26)16-19-7-5-4-6-8-19)21(15-27)25(32-23)29(3)24(31)13-18-9-11-20(33-28)12-10-18/h9-12,19H,4-8,13-14,16-17,28H2,1-3H3. The molecule has 1 fully saturated rings. The molecule has 1 aliphatic heterocycles. The molecule has 0 spiro atoms. The Kier molecular flexibility index (Phi) is 7.49. The summed E-state index contributed by atoms with van der Waals surface area (Å²) >= 11 is 2.82. The molecule has 0 unspecified atom stereocenters. The lowest BCUT2D eigenvalue weighted by Crippen LogP contribution is -2.50. The number of rotatable bonds is 6. The van der Waals surface area contributed by atoms with Crippen LogP contribution >= 0.6 is 23.3 Å². The maximum Gasteiger partial charge on any atom is 0.231 e. The van der Waals surface area contributed by atoms with Crippen LogP contribution in [0.5, 0.6) is 0 Å². The number of benzene rings is 1. The van der Waals surface area contributed by atoms with Crippen molar-refractivity contribution in [3.63, 3.8) is 0 Å². The van der Waals surface area contributed by atoms with Gasteiger partial charge in [-0.2, -0.15) is 5.26 Å². The van der Waals surface area contributed by atoms with Crippen molar-refractivity contribution >= 4 is 34.2 Å². The Labute approximate surface area is 206 Å². The Morgan fingerprint density at radius 2 is 1.97 bits per heavy atom. The third-order valence-corrected chi connectivity index (χ3v) is 9.13. The van der Waals surface area contributed by atoms with E-state index in [0.29, 0.717) is 12.0 Å². The summed E-state index contributed by atoms with van der Waals surface area (Å²) in [5, 5.41) is 16.4. The number of anilines is 1. The summed E-state index contributed by atoms with van der Waals surface area (Å²) in [5.41, 5.74) is 2.83. The summed E-state index contributed by atoms with van der Waals surface area (Å²) in [6.45, 7) is 6.55. The first-order valence-corrected chi connectivity index (χ1v) is 13.5. The molecule has 0 atom stereocenters. The van der Waals surface area contributed by atoms with Gasteiger partial charge in [0.05, 0.1) is 12.0 Å². The molecule has 1 aromatic carbocycles. The van der Waals surface area contributed by atoms with E-state index in [-0.39, 0.29) is 11.4 Å². The number of nitrogens with zero attached hydrogens (tertiary/aromatic N) is 3. The molecule has 5 nitrogen and oxygen atoms in total. The summed E-state index contributed by atoms with van der Waals surface area (Å²) in [4.78, 5) is 19.6. The van der Waals surface area contributed by atoms with Gasteiger partial charge in [-0.1, -0.05) is 31.4 Å². The molecule has 1 aliphatic carbocycles. The Morgan fingerprint density at radius 1 is 1.27 bits per heavy atom. The summed E-state index contributed by atoms with van der Waals surface area (Å²) < 4.78 is 0. The molecule has 2 aromatic rings. The highest BCUT2D eigenvalue weighted by Crippen LogP contribution is 2.43. The molecular weight excluding hydrogens is 448 g/mol. The van der Waals surface area contributed by atoms with E-state index in [9.17, 15) is 10.1 Å². The topological polar surface area (TPSA) is 73.4 Å². The normalized spacial score (nSPS) is 18.5. The van der Waals surface area contributed by atoms with E-state index >= 15 is 0 Å². The SMILES string of the molecule is CN(C(=O)Cc1ccc(SN)cc1)c1sc2c(c1C#N)CN(CC1CCCCC1)C(C)(C)C2. The molecule has 2 N–H and O–H groups in total. The highest BCUT2D eigenvalue weighted by atomic mass is 32.2. The van der Waals surface area contributed by atoms with E-state index < -0.39 is 0 Å². The lowest BCUT2D eigenvalue weighted by atomic mass is 9.84. The number of hydrogen-bond acceptors (Lipinski definition) is 6. The summed E-state index contributed by atoms with van der Waals surface area (Å²) in [6, 6.07) is 10.2. The van der Waals surface area contributed by atoms with Gasteiger partial charge in [-0.25, -0.2) is 0 Å². The van der Waals surface area contributed by atoms with Crippen molar-refractivity contribution in [2.75, 3.05) is 18.5 Å². The highest BCUT2D eigenvalue weighted by Gasteiger charge is 2.38. The van der Waals surface area contributed by atoms with Gasteiger partial charge < -0.3 is 4.90 Å². The molecule has 1 aromatic heterocycles. The molecule has 176 valence electrons. The van der Waals surface area contributed by atoms with E-state index in [4.69, 9.17) is 5.14 Å². The molecule has 2 heterocycles. The van der Waals surface area contributed by atoms with Crippen LogP contribution in [-0.4, -0.2) is 29.9 Å². The van der Waals surface area contributed by atoms with Gasteiger partial charge in [-0.15, -0.1) is 11.3 Å². The second-order valence-electron chi connectivity index (χ2n) is 10.1. The summed E-state index contributed by atoms with van der Waals surface area (Å²) in [5.74, 6) is 0.757. The van der Waals surface area contributed by atoms with Crippen molar-refractivity contribution in [2.45, 2.75) is 75.8 Å². The predicted molar refractivity (Wildman–Crippen MR) is 137 cm³/mol. The van der Waals surface area contributed by atoms with Crippen molar-refractivity contribution in [1.82, 2.24) is 4.90 Å². The van der Waals surface area contributed by atoms with Crippen molar-refractivity contribution in [2.24, 2.45) is 11.1 Å². The molecule has 2 aliphatic rings. The third-order valence-electron chi connectivity index (χ3n) is 7.28. The number of hydrogen-bond donors (Lipinski definition) is 1. The van der Waals surface area contributed by atoms with E-state index in [1.54, 1.807) is 23.3 Å². The first kappa shape index (κ1) is 24.3. The Balaban J connectivity index is 1.53. The average molecular weight is 483 g/mol. The van der Waals surface area contributed by atoms with Crippen LogP contribution in [0, 0.1) is 17.2 Å². The van der Waals surface area contributed by atoms with E-state index in [0.717, 1.165) is 46.5 Å². The van der Waals surface area contributed by atoms with Gasteiger partial charge in [0, 0.05) is 47.4 Å². The van der Waals surface area contributed by atoms with Gasteiger partial charge in [-0.05, 0) is 62.3 Å². The fraction of sp³-hybridized carbons (Fsp3) is 0.538. The minimum Gasteiger partial charge on any atom is -0.306 e. The molecule has 1 amide bonds. The number of nitriles is 1. The first-order valence-electron chi connectivity index (χ1n) is 11.8. The van der Waals surface area contributed by atoms with Crippen LogP contribution in [0.3, 0.4) is 0 Å².